The second-order valence-corrected chi connectivity index (χ2v) is 6.61. The average Bonchev–Trinajstić information content (AvgIpc) is 3.15. The Balaban J connectivity index is 1.64. The number of rotatable bonds is 3. The van der Waals surface area contributed by atoms with Crippen LogP contribution in [-0.2, 0) is 0 Å². The second-order valence-electron chi connectivity index (χ2n) is 6.61. The van der Waals surface area contributed by atoms with Crippen molar-refractivity contribution in [1.82, 2.24) is 19.9 Å². The van der Waals surface area contributed by atoms with Crippen LogP contribution in [0.3, 0.4) is 0 Å². The van der Waals surface area contributed by atoms with Gasteiger partial charge in [0.2, 0.25) is 0 Å². The molecule has 140 valence electrons. The SMILES string of the molecule is CC(O)(C1CCN(C(=O)c2ccc(-n3ccnn3)cc2)CC1)C(F)(F)F. The maximum Gasteiger partial charge on any atom is 0.417 e. The smallest absolute Gasteiger partial charge is 0.380 e. The third kappa shape index (κ3) is 3.44. The van der Waals surface area contributed by atoms with E-state index in [1.54, 1.807) is 41.3 Å². The van der Waals surface area contributed by atoms with Gasteiger partial charge < -0.3 is 10.0 Å². The number of alkyl halides is 3. The van der Waals surface area contributed by atoms with Crippen LogP contribution in [0.25, 0.3) is 5.69 Å². The number of aromatic nitrogens is 3. The van der Waals surface area contributed by atoms with Gasteiger partial charge in [0.15, 0.2) is 5.60 Å². The number of likely N-dealkylation sites (tertiary alicyclic amines) is 1. The van der Waals surface area contributed by atoms with Gasteiger partial charge in [-0.25, -0.2) is 4.68 Å². The van der Waals surface area contributed by atoms with E-state index >= 15 is 0 Å². The van der Waals surface area contributed by atoms with Gasteiger partial charge in [0.05, 0.1) is 18.1 Å². The summed E-state index contributed by atoms with van der Waals surface area (Å²) in [5.74, 6) is -1.15. The predicted octanol–water partition coefficient (Wildman–Crippen LogP) is 2.43. The number of hydrogen-bond acceptors (Lipinski definition) is 4. The van der Waals surface area contributed by atoms with Gasteiger partial charge >= 0.3 is 6.18 Å². The lowest BCUT2D eigenvalue weighted by molar-refractivity contribution is -0.275. The van der Waals surface area contributed by atoms with Crippen LogP contribution in [0.5, 0.6) is 0 Å². The van der Waals surface area contributed by atoms with Crippen LogP contribution in [0.15, 0.2) is 36.7 Å². The van der Waals surface area contributed by atoms with E-state index in [-0.39, 0.29) is 31.8 Å². The summed E-state index contributed by atoms with van der Waals surface area (Å²) in [5.41, 5.74) is -1.53. The van der Waals surface area contributed by atoms with Gasteiger partial charge in [0.25, 0.3) is 5.91 Å². The van der Waals surface area contributed by atoms with Crippen LogP contribution in [0.4, 0.5) is 13.2 Å². The Hall–Kier alpha value is -2.42. The van der Waals surface area contributed by atoms with Crippen molar-refractivity contribution < 1.29 is 23.1 Å². The molecule has 1 saturated heterocycles. The summed E-state index contributed by atoms with van der Waals surface area (Å²) in [6.45, 7) is 1.17. The summed E-state index contributed by atoms with van der Waals surface area (Å²) in [6, 6.07) is 6.75. The molecule has 3 rings (SSSR count). The number of aliphatic hydroxyl groups is 1. The van der Waals surface area contributed by atoms with E-state index in [2.05, 4.69) is 10.3 Å². The Morgan fingerprint density at radius 1 is 1.19 bits per heavy atom. The van der Waals surface area contributed by atoms with Crippen LogP contribution in [0.2, 0.25) is 0 Å². The molecule has 0 bridgehead atoms. The van der Waals surface area contributed by atoms with Crippen LogP contribution in [0, 0.1) is 5.92 Å². The summed E-state index contributed by atoms with van der Waals surface area (Å²) in [7, 11) is 0. The Kier molecular flexibility index (Phi) is 4.74. The van der Waals surface area contributed by atoms with E-state index in [0.29, 0.717) is 5.56 Å². The molecule has 9 heteroatoms. The van der Waals surface area contributed by atoms with Gasteiger partial charge in [-0.1, -0.05) is 5.21 Å². The number of carbonyl (C=O) groups excluding carboxylic acids is 1. The molecule has 1 amide bonds. The molecule has 2 aromatic rings. The average molecular weight is 368 g/mol. The largest absolute Gasteiger partial charge is 0.417 e. The van der Waals surface area contributed by atoms with Crippen molar-refractivity contribution in [2.24, 2.45) is 5.92 Å². The Labute approximate surface area is 148 Å². The molecule has 6 nitrogen and oxygen atoms in total. The molecule has 0 aliphatic carbocycles. The number of nitrogens with zero attached hydrogens (tertiary/aromatic N) is 4. The van der Waals surface area contributed by atoms with Crippen molar-refractivity contribution in [1.29, 1.82) is 0 Å². The number of halogens is 3. The number of hydrogen-bond donors (Lipinski definition) is 1. The molecule has 0 radical (unpaired) electrons. The first-order chi connectivity index (χ1) is 12.2. The highest BCUT2D eigenvalue weighted by Crippen LogP contribution is 2.40. The monoisotopic (exact) mass is 368 g/mol. The number of carbonyl (C=O) groups is 1. The van der Waals surface area contributed by atoms with Gasteiger partial charge in [-0.15, -0.1) is 5.10 Å². The highest BCUT2D eigenvalue weighted by atomic mass is 19.4. The first kappa shape index (κ1) is 18.4. The number of amides is 1. The third-order valence-electron chi connectivity index (χ3n) is 4.95. The van der Waals surface area contributed by atoms with Crippen LogP contribution >= 0.6 is 0 Å². The molecule has 26 heavy (non-hydrogen) atoms. The fourth-order valence-corrected chi connectivity index (χ4v) is 3.16. The van der Waals surface area contributed by atoms with Gasteiger partial charge in [0, 0.05) is 18.7 Å². The summed E-state index contributed by atoms with van der Waals surface area (Å²) in [5, 5.41) is 17.4. The van der Waals surface area contributed by atoms with Crippen molar-refractivity contribution in [3.05, 3.63) is 42.2 Å². The van der Waals surface area contributed by atoms with E-state index < -0.39 is 17.7 Å². The Morgan fingerprint density at radius 3 is 2.31 bits per heavy atom. The topological polar surface area (TPSA) is 71.2 Å². The zero-order chi connectivity index (χ0) is 18.9. The summed E-state index contributed by atoms with van der Waals surface area (Å²) in [6.07, 6.45) is -1.25. The third-order valence-corrected chi connectivity index (χ3v) is 4.95. The molecule has 1 aromatic carbocycles. The molecular weight excluding hydrogens is 349 g/mol. The summed E-state index contributed by atoms with van der Waals surface area (Å²) < 4.78 is 40.4. The van der Waals surface area contributed by atoms with Crippen LogP contribution in [-0.4, -0.2) is 55.8 Å². The molecular formula is C17H19F3N4O2. The maximum absolute atomic E-state index is 13.0. The zero-order valence-corrected chi connectivity index (χ0v) is 14.1. The number of benzene rings is 1. The Bertz CT molecular complexity index is 749. The lowest BCUT2D eigenvalue weighted by Crippen LogP contribution is -2.53. The summed E-state index contributed by atoms with van der Waals surface area (Å²) in [4.78, 5) is 14.1. The van der Waals surface area contributed by atoms with Crippen molar-refractivity contribution in [3.8, 4) is 5.69 Å². The van der Waals surface area contributed by atoms with Gasteiger partial charge in [-0.3, -0.25) is 4.79 Å². The van der Waals surface area contributed by atoms with Crippen molar-refractivity contribution in [2.75, 3.05) is 13.1 Å². The molecule has 0 saturated carbocycles. The molecule has 1 N–H and O–H groups in total. The molecule has 1 atom stereocenters. The fraction of sp³-hybridized carbons (Fsp3) is 0.471. The Morgan fingerprint density at radius 2 is 1.81 bits per heavy atom. The van der Waals surface area contributed by atoms with E-state index in [4.69, 9.17) is 0 Å². The van der Waals surface area contributed by atoms with Gasteiger partial charge in [-0.2, -0.15) is 13.2 Å². The van der Waals surface area contributed by atoms with Crippen LogP contribution in [0.1, 0.15) is 30.1 Å². The van der Waals surface area contributed by atoms with Gasteiger partial charge in [0.1, 0.15) is 0 Å². The second kappa shape index (κ2) is 6.71. The minimum Gasteiger partial charge on any atom is -0.380 e. The van der Waals surface area contributed by atoms with E-state index in [0.717, 1.165) is 12.6 Å². The molecule has 1 aliphatic rings. The van der Waals surface area contributed by atoms with Crippen molar-refractivity contribution in [3.63, 3.8) is 0 Å². The van der Waals surface area contributed by atoms with Crippen LogP contribution < -0.4 is 0 Å². The van der Waals surface area contributed by atoms with Crippen molar-refractivity contribution in [2.45, 2.75) is 31.5 Å². The minimum atomic E-state index is -4.68. The van der Waals surface area contributed by atoms with Crippen molar-refractivity contribution >= 4 is 5.91 Å². The van der Waals surface area contributed by atoms with E-state index in [1.165, 1.54) is 4.90 Å². The zero-order valence-electron chi connectivity index (χ0n) is 14.1. The number of piperidine rings is 1. The summed E-state index contributed by atoms with van der Waals surface area (Å²) >= 11 is 0. The quantitative estimate of drug-likeness (QED) is 0.903. The normalized spacial score (nSPS) is 18.6. The standard InChI is InChI=1S/C17H19F3N4O2/c1-16(26,17(18,19)20)13-6-9-23(10-7-13)15(25)12-2-4-14(5-3-12)24-11-8-21-22-24/h2-5,8,11,13,26H,6-7,9-10H2,1H3. The highest BCUT2D eigenvalue weighted by molar-refractivity contribution is 5.94. The molecule has 1 unspecified atom stereocenters. The van der Waals surface area contributed by atoms with E-state index in [1.807, 2.05) is 0 Å². The molecule has 0 spiro atoms. The fourth-order valence-electron chi connectivity index (χ4n) is 3.16. The molecule has 2 heterocycles. The van der Waals surface area contributed by atoms with Gasteiger partial charge in [-0.05, 0) is 49.9 Å². The van der Waals surface area contributed by atoms with E-state index in [9.17, 15) is 23.1 Å². The predicted molar refractivity (Wildman–Crippen MR) is 86.7 cm³/mol. The first-order valence-electron chi connectivity index (χ1n) is 8.25. The first-order valence-corrected chi connectivity index (χ1v) is 8.25. The molecule has 1 aromatic heterocycles. The minimum absolute atomic E-state index is 0.106. The maximum atomic E-state index is 13.0. The lowest BCUT2D eigenvalue weighted by Gasteiger charge is -2.40. The molecule has 1 aliphatic heterocycles. The highest BCUT2D eigenvalue weighted by Gasteiger charge is 2.55. The lowest BCUT2D eigenvalue weighted by atomic mass is 9.81. The molecule has 1 fully saturated rings.